The molecule has 4 aromatic rings. The Kier molecular flexibility index (Phi) is 11.4. The number of thioether (sulfide) groups is 1. The number of nitrogens with zero attached hydrogens (tertiary/aromatic N) is 2. The fourth-order valence-corrected chi connectivity index (χ4v) is 7.83. The van der Waals surface area contributed by atoms with E-state index in [2.05, 4.69) is 30.7 Å². The van der Waals surface area contributed by atoms with E-state index in [4.69, 9.17) is 10.7 Å². The van der Waals surface area contributed by atoms with Crippen molar-refractivity contribution < 1.29 is 19.5 Å². The van der Waals surface area contributed by atoms with Crippen LogP contribution in [0.3, 0.4) is 0 Å². The second-order valence-corrected chi connectivity index (χ2v) is 14.7. The molecule has 0 bridgehead atoms. The van der Waals surface area contributed by atoms with Crippen molar-refractivity contribution in [1.82, 2.24) is 14.9 Å². The Balaban J connectivity index is 1.38. The summed E-state index contributed by atoms with van der Waals surface area (Å²) >= 11 is 1.27. The van der Waals surface area contributed by atoms with Gasteiger partial charge in [0.2, 0.25) is 5.12 Å². The van der Waals surface area contributed by atoms with Crippen LogP contribution in [0.25, 0.3) is 22.2 Å². The lowest BCUT2D eigenvalue weighted by Crippen LogP contribution is -2.48. The zero-order valence-corrected chi connectivity index (χ0v) is 29.4. The van der Waals surface area contributed by atoms with Crippen molar-refractivity contribution >= 4 is 39.8 Å². The van der Waals surface area contributed by atoms with E-state index < -0.39 is 11.5 Å². The number of imidazole rings is 1. The van der Waals surface area contributed by atoms with Crippen molar-refractivity contribution in [2.24, 2.45) is 11.7 Å². The number of rotatable bonds is 13. The van der Waals surface area contributed by atoms with Crippen molar-refractivity contribution in [3.05, 3.63) is 88.7 Å². The van der Waals surface area contributed by atoms with Crippen molar-refractivity contribution in [3.8, 4) is 11.1 Å². The summed E-state index contributed by atoms with van der Waals surface area (Å²) < 4.78 is 2.19. The number of carboxylic acid groups (broad SMARTS) is 1. The number of carboxylic acids is 1. The zero-order chi connectivity index (χ0) is 34.4. The lowest BCUT2D eigenvalue weighted by Gasteiger charge is -2.31. The Morgan fingerprint density at radius 3 is 2.42 bits per heavy atom. The molecule has 1 heterocycles. The van der Waals surface area contributed by atoms with Gasteiger partial charge in [-0.15, -0.1) is 0 Å². The highest BCUT2D eigenvalue weighted by Crippen LogP contribution is 2.31. The van der Waals surface area contributed by atoms with Gasteiger partial charge in [-0.05, 0) is 79.0 Å². The van der Waals surface area contributed by atoms with E-state index in [9.17, 15) is 19.5 Å². The van der Waals surface area contributed by atoms with Gasteiger partial charge in [-0.25, -0.2) is 9.78 Å². The maximum Gasteiger partial charge on any atom is 0.336 e. The predicted molar refractivity (Wildman–Crippen MR) is 195 cm³/mol. The van der Waals surface area contributed by atoms with Crippen LogP contribution in [0.2, 0.25) is 0 Å². The first kappa shape index (κ1) is 35.4. The van der Waals surface area contributed by atoms with Gasteiger partial charge >= 0.3 is 5.97 Å². The highest BCUT2D eigenvalue weighted by atomic mass is 32.2. The van der Waals surface area contributed by atoms with Crippen LogP contribution in [0.15, 0.2) is 60.7 Å². The van der Waals surface area contributed by atoms with Gasteiger partial charge in [-0.2, -0.15) is 0 Å². The number of nitrogens with two attached hydrogens (primary N) is 1. The molecule has 1 fully saturated rings. The molecule has 1 saturated carbocycles. The van der Waals surface area contributed by atoms with E-state index in [0.29, 0.717) is 29.3 Å². The summed E-state index contributed by atoms with van der Waals surface area (Å²) in [6.07, 6.45) is 7.05. The quantitative estimate of drug-likeness (QED) is 0.133. The van der Waals surface area contributed by atoms with E-state index in [0.717, 1.165) is 84.9 Å². The fraction of sp³-hybridized carbons (Fsp3) is 0.436. The Hall–Kier alpha value is -3.95. The smallest absolute Gasteiger partial charge is 0.336 e. The third kappa shape index (κ3) is 8.18. The lowest BCUT2D eigenvalue weighted by molar-refractivity contribution is -0.116. The van der Waals surface area contributed by atoms with E-state index in [1.807, 2.05) is 55.5 Å². The van der Waals surface area contributed by atoms with Crippen LogP contribution >= 0.6 is 11.8 Å². The van der Waals surface area contributed by atoms with E-state index in [1.54, 1.807) is 12.1 Å². The summed E-state index contributed by atoms with van der Waals surface area (Å²) in [5.41, 5.74) is 11.9. The van der Waals surface area contributed by atoms with Gasteiger partial charge in [0.05, 0.1) is 22.1 Å². The average molecular weight is 669 g/mol. The molecule has 1 aliphatic rings. The molecule has 1 atom stereocenters. The molecule has 5 rings (SSSR count). The average Bonchev–Trinajstić information content (AvgIpc) is 3.41. The van der Waals surface area contributed by atoms with Gasteiger partial charge in [-0.3, -0.25) is 9.59 Å². The van der Waals surface area contributed by atoms with Gasteiger partial charge in [0.1, 0.15) is 5.82 Å². The third-order valence-corrected chi connectivity index (χ3v) is 10.5. The maximum atomic E-state index is 13.8. The molecule has 0 radical (unpaired) electrons. The summed E-state index contributed by atoms with van der Waals surface area (Å²) in [5, 5.41) is 12.9. The molecular weight excluding hydrogens is 621 g/mol. The summed E-state index contributed by atoms with van der Waals surface area (Å²) in [7, 11) is 0. The van der Waals surface area contributed by atoms with Crippen LogP contribution < -0.4 is 11.1 Å². The van der Waals surface area contributed by atoms with E-state index in [-0.39, 0.29) is 22.6 Å². The largest absolute Gasteiger partial charge is 0.478 e. The molecule has 9 heteroatoms. The Morgan fingerprint density at radius 1 is 1.04 bits per heavy atom. The Bertz CT molecular complexity index is 1770. The number of carbonyl (C=O) groups is 3. The third-order valence-electron chi connectivity index (χ3n) is 9.28. The summed E-state index contributed by atoms with van der Waals surface area (Å²) in [6, 6.07) is 18.6. The number of amides is 1. The minimum atomic E-state index is -0.954. The van der Waals surface area contributed by atoms with Gasteiger partial charge < -0.3 is 20.7 Å². The van der Waals surface area contributed by atoms with Gasteiger partial charge in [0.15, 0.2) is 0 Å². The number of aromatic nitrogens is 2. The highest BCUT2D eigenvalue weighted by Gasteiger charge is 2.35. The minimum absolute atomic E-state index is 0.0361. The first-order valence-corrected chi connectivity index (χ1v) is 18.2. The molecule has 4 N–H and O–H groups in total. The fourth-order valence-electron chi connectivity index (χ4n) is 6.77. The second kappa shape index (κ2) is 15.5. The standard InChI is InChI=1S/C39H48N4O4S/c1-5-11-34-42-35-26(4)21-29(36(44)41-30(20-25(2)3)24-48-38(47)39(40)18-9-6-10-19-39)22-33(35)43(34)23-27-14-16-28(17-15-27)31-12-7-8-13-32(31)37(45)46/h7-8,12-17,21-22,25,30H,5-6,9-11,18-20,23-24,40H2,1-4H3,(H,41,44)(H,45,46). The first-order valence-electron chi connectivity index (χ1n) is 17.2. The molecule has 1 amide bonds. The SMILES string of the molecule is CCCc1nc2c(C)cc(C(=O)NC(CSC(=O)C3(N)CCCCC3)CC(C)C)cc2n1Cc1ccc(-c2ccccc2C(=O)O)cc1. The van der Waals surface area contributed by atoms with Crippen molar-refractivity contribution in [3.63, 3.8) is 0 Å². The molecule has 3 aromatic carbocycles. The summed E-state index contributed by atoms with van der Waals surface area (Å²) in [4.78, 5) is 43.7. The molecule has 1 aromatic heterocycles. The van der Waals surface area contributed by atoms with Gasteiger partial charge in [0.25, 0.3) is 5.91 Å². The normalized spacial score (nSPS) is 15.0. The van der Waals surface area contributed by atoms with Crippen LogP contribution in [0.5, 0.6) is 0 Å². The van der Waals surface area contributed by atoms with Gasteiger partial charge in [-0.1, -0.05) is 94.3 Å². The number of nitrogens with one attached hydrogen (secondary N) is 1. The maximum absolute atomic E-state index is 13.8. The number of fused-ring (bicyclic) bond motifs is 1. The summed E-state index contributed by atoms with van der Waals surface area (Å²) in [5.74, 6) is 0.683. The molecule has 1 aliphatic carbocycles. The number of hydrogen-bond acceptors (Lipinski definition) is 6. The molecule has 8 nitrogen and oxygen atoms in total. The molecule has 48 heavy (non-hydrogen) atoms. The minimum Gasteiger partial charge on any atom is -0.478 e. The molecule has 0 saturated heterocycles. The lowest BCUT2D eigenvalue weighted by atomic mass is 9.84. The number of aryl methyl sites for hydroxylation is 2. The number of carbonyl (C=O) groups excluding carboxylic acids is 2. The molecule has 0 spiro atoms. The molecule has 254 valence electrons. The first-order chi connectivity index (χ1) is 23.0. The molecule has 0 aliphatic heterocycles. The van der Waals surface area contributed by atoms with Crippen molar-refractivity contribution in [2.45, 2.75) is 97.2 Å². The second-order valence-electron chi connectivity index (χ2n) is 13.7. The topological polar surface area (TPSA) is 127 Å². The van der Waals surface area contributed by atoms with Gasteiger partial charge in [0, 0.05) is 30.3 Å². The van der Waals surface area contributed by atoms with E-state index >= 15 is 0 Å². The number of hydrogen-bond donors (Lipinski definition) is 3. The zero-order valence-electron chi connectivity index (χ0n) is 28.6. The van der Waals surface area contributed by atoms with E-state index in [1.165, 1.54) is 11.8 Å². The van der Waals surface area contributed by atoms with Crippen molar-refractivity contribution in [2.75, 3.05) is 5.75 Å². The summed E-state index contributed by atoms with van der Waals surface area (Å²) in [6.45, 7) is 8.93. The highest BCUT2D eigenvalue weighted by molar-refractivity contribution is 8.13. The number of aromatic carboxylic acids is 1. The van der Waals surface area contributed by atoms with Crippen molar-refractivity contribution in [1.29, 1.82) is 0 Å². The molecule has 1 unspecified atom stereocenters. The Labute approximate surface area is 287 Å². The predicted octanol–water partition coefficient (Wildman–Crippen LogP) is 7.78. The molecular formula is C39H48N4O4S. The monoisotopic (exact) mass is 668 g/mol. The van der Waals surface area contributed by atoms with Crippen LogP contribution in [-0.2, 0) is 17.8 Å². The van der Waals surface area contributed by atoms with Crippen LogP contribution in [0.1, 0.15) is 103 Å². The van der Waals surface area contributed by atoms with Crippen LogP contribution in [0.4, 0.5) is 0 Å². The van der Waals surface area contributed by atoms with Crippen LogP contribution in [-0.4, -0.2) is 49.0 Å². The van der Waals surface area contributed by atoms with Crippen LogP contribution in [0, 0.1) is 12.8 Å². The number of benzene rings is 3. The Morgan fingerprint density at radius 2 is 1.75 bits per heavy atom.